The van der Waals surface area contributed by atoms with Crippen molar-refractivity contribution < 1.29 is 248 Å². The number of aryl methyl sites for hydroxylation is 2. The first-order chi connectivity index (χ1) is 63.2. The molecule has 0 heterocycles. The molecule has 0 aliphatic heterocycles. The van der Waals surface area contributed by atoms with Crippen molar-refractivity contribution in [2.24, 2.45) is 0 Å². The number of hydrogen-bond acceptors (Lipinski definition) is 18. The number of aliphatic hydroxyl groups excluding tert-OH is 2. The van der Waals surface area contributed by atoms with Gasteiger partial charge in [0, 0.05) is 56.7 Å². The fourth-order valence-corrected chi connectivity index (χ4v) is 24.3. The van der Waals surface area contributed by atoms with Crippen LogP contribution in [-0.4, -0.2) is 251 Å². The third kappa shape index (κ3) is 192. The van der Waals surface area contributed by atoms with E-state index in [0.717, 1.165) is 35.9 Å². The van der Waals surface area contributed by atoms with Crippen molar-refractivity contribution in [3.63, 3.8) is 0 Å². The number of anilines is 2. The molecule has 0 aromatic heterocycles. The maximum Gasteiger partial charge on any atom is 1.00 e. The van der Waals surface area contributed by atoms with Crippen LogP contribution in [0.1, 0.15) is 205 Å². The van der Waals surface area contributed by atoms with Crippen LogP contribution in [0.2, 0.25) is 0 Å². The summed E-state index contributed by atoms with van der Waals surface area (Å²) < 4.78 is 4.16. The Morgan fingerprint density at radius 1 is 0.301 bits per heavy atom. The van der Waals surface area contributed by atoms with Gasteiger partial charge in [-0.2, -0.15) is 46.6 Å². The molecule has 0 aliphatic carbocycles. The minimum Gasteiger partial charge on any atom is -0.793 e. The van der Waals surface area contributed by atoms with Crippen molar-refractivity contribution in [1.29, 1.82) is 0 Å². The molecule has 0 atom stereocenters. The Morgan fingerprint density at radius 2 is 0.455 bits per heavy atom. The smallest absolute Gasteiger partial charge is 0.793 e. The number of nitro benzene ring substituents is 1. The van der Waals surface area contributed by atoms with Crippen LogP contribution in [-0.2, 0) is 360 Å². The van der Waals surface area contributed by atoms with Gasteiger partial charge in [0.05, 0.1) is 178 Å². The van der Waals surface area contributed by atoms with Crippen LogP contribution in [0.3, 0.4) is 0 Å². The van der Waals surface area contributed by atoms with Crippen LogP contribution in [0.25, 0.3) is 0 Å². The number of benzene rings is 6. The minimum absolute atomic E-state index is 0. The maximum absolute atomic E-state index is 10.1. The normalized spacial score (nSPS) is 8.74. The summed E-state index contributed by atoms with van der Waals surface area (Å²) in [5, 5.41) is 25.6. The van der Waals surface area contributed by atoms with Crippen LogP contribution >= 0.6 is 79.2 Å². The summed E-state index contributed by atoms with van der Waals surface area (Å²) in [6.45, 7) is 75.4. The van der Waals surface area contributed by atoms with E-state index in [1.54, 1.807) is 18.2 Å². The monoisotopic (exact) mass is 4200 g/mol. The van der Waals surface area contributed by atoms with Crippen LogP contribution in [0.15, 0.2) is 181 Å². The van der Waals surface area contributed by atoms with E-state index in [0.29, 0.717) is 22.1 Å². The Morgan fingerprint density at radius 3 is 0.545 bits per heavy atom. The number of nitrogen functional groups attached to an aromatic ring is 2. The zero-order valence-electron chi connectivity index (χ0n) is 94.0. The number of para-hydroxylation sites is 1. The van der Waals surface area contributed by atoms with Gasteiger partial charge in [0.25, 0.3) is 11.7 Å². The average molecular weight is 4200 g/mol. The second-order valence-corrected chi connectivity index (χ2v) is 69.5. The summed E-state index contributed by atoms with van der Waals surface area (Å²) in [5.74, 6) is 1.46. The Hall–Kier alpha value is 8.13. The second kappa shape index (κ2) is 180. The molecular weight excluding hydrogens is 3990 g/mol. The topological polar surface area (TPSA) is 162 Å². The van der Waals surface area contributed by atoms with Crippen molar-refractivity contribution in [3.05, 3.63) is 173 Å². The van der Waals surface area contributed by atoms with E-state index >= 15 is 0 Å². The number of rotatable bonds is 31. The number of aliphatic hydroxyl groups is 2. The zero-order chi connectivity index (χ0) is 106. The predicted molar refractivity (Wildman–Crippen MR) is 684 cm³/mol. The van der Waals surface area contributed by atoms with Gasteiger partial charge < -0.3 is 153 Å². The van der Waals surface area contributed by atoms with Crippen LogP contribution in [0, 0.1) is 24.0 Å². The third-order valence-corrected chi connectivity index (χ3v) is 49.0. The number of esters is 1. The quantitative estimate of drug-likeness (QED) is 0.00618. The van der Waals surface area contributed by atoms with E-state index in [-0.39, 0.29) is 334 Å². The number of hydrogen-bond donors (Lipinski definition) is 4. The van der Waals surface area contributed by atoms with Gasteiger partial charge in [0.2, 0.25) is 0 Å². The van der Waals surface area contributed by atoms with Crippen molar-refractivity contribution in [1.82, 2.24) is 0 Å². The van der Waals surface area contributed by atoms with Gasteiger partial charge in [-0.25, -0.2) is 0 Å². The Bertz CT molecular complexity index is 2680. The van der Waals surface area contributed by atoms with E-state index < -0.39 is 4.92 Å². The van der Waals surface area contributed by atoms with E-state index in [2.05, 4.69) is 276 Å². The van der Waals surface area contributed by atoms with E-state index in [9.17, 15) is 14.9 Å². The first kappa shape index (κ1) is 211. The predicted octanol–water partition coefficient (Wildman–Crippen LogP) is 30.0. The Balaban J connectivity index is -0.0000000474. The van der Waals surface area contributed by atoms with Crippen molar-refractivity contribution in [2.45, 2.75) is 237 Å². The van der Waals surface area contributed by atoms with E-state index in [4.69, 9.17) is 97.5 Å². The summed E-state index contributed by atoms with van der Waals surface area (Å²) in [4.78, 5) is 24.4. The van der Waals surface area contributed by atoms with E-state index in [1.165, 1.54) is 209 Å². The van der Waals surface area contributed by atoms with Gasteiger partial charge >= 0.3 is 224 Å². The van der Waals surface area contributed by atoms with Gasteiger partial charge in [0.15, 0.2) is 0 Å². The number of methoxy groups -OCH3 is 1. The zero-order valence-corrected chi connectivity index (χ0v) is 134. The molecule has 0 saturated carbocycles. The van der Waals surface area contributed by atoms with Gasteiger partial charge in [-0.15, -0.1) is 0 Å². The number of nitrogens with two attached hydrogens (primary N) is 2. The van der Waals surface area contributed by atoms with Crippen molar-refractivity contribution >= 4 is 229 Å². The molecule has 39 heteroatoms. The number of ether oxygens (including phenoxy) is 1. The molecular formula is C104H209Au10N3O6P10S10+10. The Kier molecular flexibility index (Phi) is 266. The fourth-order valence-electron chi connectivity index (χ4n) is 9.82. The summed E-state index contributed by atoms with van der Waals surface area (Å²) in [6, 6.07) is 45.8. The number of nitro groups is 1. The van der Waals surface area contributed by atoms with Gasteiger partial charge in [-0.05, 0) is 298 Å². The molecule has 0 unspecified atom stereocenters. The molecule has 143 heavy (non-hydrogen) atoms. The van der Waals surface area contributed by atoms with Crippen LogP contribution in [0.5, 0.6) is 0 Å². The summed E-state index contributed by atoms with van der Waals surface area (Å²) >= 11 is 46.2. The van der Waals surface area contributed by atoms with Gasteiger partial charge in [0.1, 0.15) is 0 Å². The number of carbonyl (C=O) groups excluding carboxylic acids is 1. The first-order valence-corrected chi connectivity index (χ1v) is 76.1. The van der Waals surface area contributed by atoms with Crippen molar-refractivity contribution in [3.8, 4) is 0 Å². The maximum atomic E-state index is 10.1. The molecule has 9 nitrogen and oxygen atoms in total. The standard InChI is InChI=1S/2C7H8S.C6H5NO2S.2C6H7NS.9C6H15P.C6H6S.C3H6O2S.C3H9P.2C2H6OS.C2H6S.10Au/c2*1-6-2-4-7(8)5-3-6;8-7(9)5-1-3-6(10)4-2-5;7-5-1-3-6(8)4-2-5;7-5-3-1-2-4-6(5)8;9*1-4-7(5-2)6-3;7-6-4-2-1-3-5-6;1-5-3(4)2-6;1-4(2)3;2*3-1-2-4;1-2-3;;;;;;;;;;/h2*2-5,8H,1H3;1-4,10H;2*1-4,8H,7H2;9*4-6H2,1-3H3;1-5,7H;6H,2H2,1H3;1-3H3;2*3-4H,1-2H2;3H,2H2,1H3;;;;;;;;;;/q;;;;;;;;;;;;;;;;;;;;10*+1. The summed E-state index contributed by atoms with van der Waals surface area (Å²) in [7, 11) is 2.67. The molecule has 886 valence electrons. The van der Waals surface area contributed by atoms with E-state index in [1.807, 2.05) is 116 Å². The van der Waals surface area contributed by atoms with Gasteiger partial charge in [-0.3, -0.25) is 14.9 Å². The average Bonchev–Trinajstić information content (AvgIpc) is 0.908. The molecule has 0 spiro atoms. The molecule has 0 bridgehead atoms. The molecule has 0 saturated heterocycles. The van der Waals surface area contributed by atoms with Crippen LogP contribution < -0.4 is 11.5 Å². The largest absolute Gasteiger partial charge is 1.00 e. The van der Waals surface area contributed by atoms with Crippen LogP contribution in [0.4, 0.5) is 17.1 Å². The van der Waals surface area contributed by atoms with Crippen molar-refractivity contribution in [2.75, 3.05) is 241 Å². The molecule has 0 amide bonds. The number of nitrogens with zero attached hydrogens (tertiary/aromatic N) is 1. The molecule has 6 aromatic carbocycles. The second-order valence-electron chi connectivity index (χ2n) is 29.5. The number of carbonyl (C=O) groups is 1. The Labute approximate surface area is 1110 Å². The summed E-state index contributed by atoms with van der Waals surface area (Å²) in [5.41, 5.74) is 14.8. The molecule has 6 N–H and O–H groups in total. The molecule has 0 aliphatic rings. The molecule has 0 fully saturated rings. The third-order valence-electron chi connectivity index (χ3n) is 19.7. The minimum atomic E-state index is -0.450. The fraction of sp³-hybridized carbons (Fsp3) is 0.644. The van der Waals surface area contributed by atoms with Gasteiger partial charge in [-0.1, -0.05) is 145 Å². The first-order valence-electron chi connectivity index (χ1n) is 49.2. The number of non-ortho nitro benzene ring substituents is 1. The SMILES string of the molecule is CC[PH+](CC)CC.CC[PH+](CC)CC.CC[PH+](CC)CC.CC[PH+](CC)CC.CC[PH+](CC)CC.CC[PH+](CC)CC.CC[PH+](CC)CC.CC[PH+](CC)CC.CC[PH+](CC)CC.CC[S-].COC(=O)C[S-].C[PH+](C)C.Cc1ccc([S-])cc1.Cc1ccc([S-])cc1.Nc1ccc([S-])cc1.Nc1ccccc1[S-].O=[N+]([O-])c1ccc([S-])cc1.OCC[S-].OCC[S-].[Au+].[Au+].[Au+].[Au+].[Au+].[Au+].[Au+].[Au+].[Au+].[Au+].[S-]c1ccccc1. The molecule has 0 radical (unpaired) electrons. The summed E-state index contributed by atoms with van der Waals surface area (Å²) in [6.07, 6.45) is 39.3. The molecule has 6 rings (SSSR count). The molecule has 6 aromatic rings.